The summed E-state index contributed by atoms with van der Waals surface area (Å²) in [5.41, 5.74) is 0.289. The van der Waals surface area contributed by atoms with Crippen molar-refractivity contribution < 1.29 is 34.0 Å². The summed E-state index contributed by atoms with van der Waals surface area (Å²) in [5.74, 6) is 1.20. The van der Waals surface area contributed by atoms with Crippen molar-refractivity contribution in [1.82, 2.24) is 10.2 Å². The molecule has 2 amide bonds. The fourth-order valence-corrected chi connectivity index (χ4v) is 4.89. The van der Waals surface area contributed by atoms with Gasteiger partial charge in [0, 0.05) is 26.1 Å². The number of benzene rings is 2. The SMILES string of the molecule is COc1ccccc1OCC(=O)N1CCC2(CC1)CNC(=O)COc1ccccc1C[C@H](O)[C@H](O)C2. The van der Waals surface area contributed by atoms with Crippen LogP contribution in [0.3, 0.4) is 0 Å². The fourth-order valence-electron chi connectivity index (χ4n) is 4.89. The number of carbonyl (C=O) groups excluding carboxylic acids is 2. The van der Waals surface area contributed by atoms with Crippen LogP contribution in [0.25, 0.3) is 0 Å². The molecule has 1 saturated heterocycles. The van der Waals surface area contributed by atoms with Crippen LogP contribution in [0.15, 0.2) is 48.5 Å². The first-order valence-corrected chi connectivity index (χ1v) is 12.3. The number of hydrogen-bond acceptors (Lipinski definition) is 7. The molecule has 3 N–H and O–H groups in total. The van der Waals surface area contributed by atoms with E-state index in [1.165, 1.54) is 0 Å². The smallest absolute Gasteiger partial charge is 0.260 e. The molecule has 0 aliphatic carbocycles. The van der Waals surface area contributed by atoms with Crippen molar-refractivity contribution >= 4 is 11.8 Å². The zero-order chi connectivity index (χ0) is 25.5. The number of nitrogens with one attached hydrogen (secondary N) is 1. The van der Waals surface area contributed by atoms with Crippen LogP contribution >= 0.6 is 0 Å². The summed E-state index contributed by atoms with van der Waals surface area (Å²) in [6.07, 6.45) is -0.262. The first-order chi connectivity index (χ1) is 17.4. The molecule has 4 rings (SSSR count). The number of ether oxygens (including phenoxy) is 3. The first kappa shape index (κ1) is 25.8. The van der Waals surface area contributed by atoms with Gasteiger partial charge in [-0.25, -0.2) is 0 Å². The molecule has 0 bridgehead atoms. The highest BCUT2D eigenvalue weighted by molar-refractivity contribution is 5.78. The van der Waals surface area contributed by atoms with Crippen molar-refractivity contribution in [2.45, 2.75) is 37.9 Å². The van der Waals surface area contributed by atoms with Gasteiger partial charge in [0.2, 0.25) is 0 Å². The van der Waals surface area contributed by atoms with Crippen LogP contribution in [-0.4, -0.2) is 79.1 Å². The van der Waals surface area contributed by atoms with Crippen molar-refractivity contribution in [3.63, 3.8) is 0 Å². The molecule has 9 heteroatoms. The van der Waals surface area contributed by atoms with Gasteiger partial charge in [0.25, 0.3) is 11.8 Å². The van der Waals surface area contributed by atoms with E-state index < -0.39 is 17.6 Å². The molecule has 2 aliphatic rings. The first-order valence-electron chi connectivity index (χ1n) is 12.3. The third kappa shape index (κ3) is 6.27. The van der Waals surface area contributed by atoms with Crippen molar-refractivity contribution in [2.24, 2.45) is 5.41 Å². The van der Waals surface area contributed by atoms with E-state index >= 15 is 0 Å². The number of piperidine rings is 1. The molecule has 0 aromatic heterocycles. The monoisotopic (exact) mass is 498 g/mol. The van der Waals surface area contributed by atoms with Crippen molar-refractivity contribution in [1.29, 1.82) is 0 Å². The van der Waals surface area contributed by atoms with Crippen LogP contribution < -0.4 is 19.5 Å². The Hall–Kier alpha value is -3.30. The van der Waals surface area contributed by atoms with Crippen molar-refractivity contribution in [3.8, 4) is 17.2 Å². The van der Waals surface area contributed by atoms with Gasteiger partial charge >= 0.3 is 0 Å². The molecule has 2 aromatic rings. The second-order valence-corrected chi connectivity index (χ2v) is 9.54. The number of hydrogen-bond donors (Lipinski definition) is 3. The van der Waals surface area contributed by atoms with Crippen LogP contribution in [-0.2, 0) is 16.0 Å². The molecule has 1 fully saturated rings. The minimum absolute atomic E-state index is 0.109. The Labute approximate surface area is 211 Å². The Morgan fingerprint density at radius 3 is 2.53 bits per heavy atom. The third-order valence-corrected chi connectivity index (χ3v) is 7.10. The van der Waals surface area contributed by atoms with Crippen molar-refractivity contribution in [3.05, 3.63) is 54.1 Å². The molecule has 36 heavy (non-hydrogen) atoms. The summed E-state index contributed by atoms with van der Waals surface area (Å²) < 4.78 is 16.6. The van der Waals surface area contributed by atoms with E-state index in [2.05, 4.69) is 5.32 Å². The van der Waals surface area contributed by atoms with Gasteiger partial charge in [-0.3, -0.25) is 9.59 Å². The number of methoxy groups -OCH3 is 1. The maximum absolute atomic E-state index is 12.8. The Bertz CT molecular complexity index is 1050. The van der Waals surface area contributed by atoms with Gasteiger partial charge in [0.1, 0.15) is 5.75 Å². The fraction of sp³-hybridized carbons (Fsp3) is 0.481. The van der Waals surface area contributed by atoms with E-state index in [0.717, 1.165) is 5.56 Å². The summed E-state index contributed by atoms with van der Waals surface area (Å²) >= 11 is 0. The van der Waals surface area contributed by atoms with Crippen LogP contribution in [0.4, 0.5) is 0 Å². The largest absolute Gasteiger partial charge is 0.493 e. The van der Waals surface area contributed by atoms with Crippen LogP contribution in [0.2, 0.25) is 0 Å². The Morgan fingerprint density at radius 2 is 1.78 bits per heavy atom. The van der Waals surface area contributed by atoms with Crippen LogP contribution in [0.5, 0.6) is 17.2 Å². The molecule has 9 nitrogen and oxygen atoms in total. The van der Waals surface area contributed by atoms with E-state index in [1.54, 1.807) is 36.3 Å². The van der Waals surface area contributed by atoms with Gasteiger partial charge < -0.3 is 34.6 Å². The highest BCUT2D eigenvalue weighted by Crippen LogP contribution is 2.37. The van der Waals surface area contributed by atoms with E-state index in [-0.39, 0.29) is 31.4 Å². The summed E-state index contributed by atoms with van der Waals surface area (Å²) in [5, 5.41) is 24.6. The molecule has 0 radical (unpaired) electrons. The highest BCUT2D eigenvalue weighted by Gasteiger charge is 2.39. The van der Waals surface area contributed by atoms with Gasteiger partial charge in [-0.2, -0.15) is 0 Å². The van der Waals surface area contributed by atoms with Gasteiger partial charge in [-0.05, 0) is 48.4 Å². The predicted molar refractivity (Wildman–Crippen MR) is 132 cm³/mol. The number of likely N-dealkylation sites (tertiary alicyclic amines) is 1. The lowest BCUT2D eigenvalue weighted by Gasteiger charge is -2.43. The summed E-state index contributed by atoms with van der Waals surface area (Å²) in [7, 11) is 1.55. The molecular weight excluding hydrogens is 464 g/mol. The lowest BCUT2D eigenvalue weighted by atomic mass is 9.73. The molecule has 2 heterocycles. The number of fused-ring (bicyclic) bond motifs is 1. The zero-order valence-electron chi connectivity index (χ0n) is 20.5. The normalized spacial score (nSPS) is 22.3. The number of nitrogens with zero attached hydrogens (tertiary/aromatic N) is 1. The third-order valence-electron chi connectivity index (χ3n) is 7.10. The summed E-state index contributed by atoms with van der Waals surface area (Å²) in [4.78, 5) is 27.0. The Kier molecular flexibility index (Phi) is 8.32. The van der Waals surface area contributed by atoms with E-state index in [1.807, 2.05) is 24.3 Å². The Balaban J connectivity index is 1.39. The topological polar surface area (TPSA) is 118 Å². The van der Waals surface area contributed by atoms with E-state index in [0.29, 0.717) is 56.1 Å². The number of rotatable bonds is 4. The molecular formula is C27H34N2O7. The van der Waals surface area contributed by atoms with Gasteiger partial charge in [0.05, 0.1) is 19.3 Å². The van der Waals surface area contributed by atoms with E-state index in [9.17, 15) is 19.8 Å². The molecule has 0 saturated carbocycles. The minimum Gasteiger partial charge on any atom is -0.493 e. The second kappa shape index (κ2) is 11.6. The van der Waals surface area contributed by atoms with E-state index in [4.69, 9.17) is 14.2 Å². The maximum Gasteiger partial charge on any atom is 0.260 e. The highest BCUT2D eigenvalue weighted by atomic mass is 16.5. The van der Waals surface area contributed by atoms with Gasteiger partial charge in [-0.15, -0.1) is 0 Å². The number of carbonyl (C=O) groups is 2. The molecule has 2 atom stereocenters. The average Bonchev–Trinajstić information content (AvgIpc) is 2.90. The van der Waals surface area contributed by atoms with Crippen LogP contribution in [0, 0.1) is 5.41 Å². The average molecular weight is 499 g/mol. The lowest BCUT2D eigenvalue weighted by molar-refractivity contribution is -0.137. The lowest BCUT2D eigenvalue weighted by Crippen LogP contribution is -2.51. The molecule has 0 unspecified atom stereocenters. The van der Waals surface area contributed by atoms with Gasteiger partial charge in [0.15, 0.2) is 24.7 Å². The van der Waals surface area contributed by atoms with Crippen LogP contribution in [0.1, 0.15) is 24.8 Å². The number of aliphatic hydroxyl groups is 2. The number of aliphatic hydroxyl groups excluding tert-OH is 2. The van der Waals surface area contributed by atoms with Crippen molar-refractivity contribution in [2.75, 3.05) is 40.0 Å². The van der Waals surface area contributed by atoms with Gasteiger partial charge in [-0.1, -0.05) is 30.3 Å². The summed E-state index contributed by atoms with van der Waals surface area (Å²) in [6.45, 7) is 1.03. The molecule has 1 spiro atoms. The molecule has 2 aliphatic heterocycles. The molecule has 194 valence electrons. The predicted octanol–water partition coefficient (Wildman–Crippen LogP) is 1.55. The Morgan fingerprint density at radius 1 is 1.08 bits per heavy atom. The summed E-state index contributed by atoms with van der Waals surface area (Å²) in [6, 6.07) is 14.4. The maximum atomic E-state index is 12.8. The standard InChI is InChI=1S/C27H34N2O7/c1-34-23-8-4-5-9-24(23)36-17-26(33)29-12-10-27(11-13-29)15-21(31)20(30)14-19-6-2-3-7-22(19)35-16-25(32)28-18-27/h2-9,20-21,30-31H,10-18H2,1H3,(H,28,32)/t20-,21+/m0/s1. The quantitative estimate of drug-likeness (QED) is 0.585. The zero-order valence-corrected chi connectivity index (χ0v) is 20.5. The number of amides is 2. The molecule has 2 aromatic carbocycles. The second-order valence-electron chi connectivity index (χ2n) is 9.54. The number of para-hydroxylation sites is 3. The minimum atomic E-state index is -0.981.